The minimum atomic E-state index is -0.537. The van der Waals surface area contributed by atoms with Gasteiger partial charge in [-0.15, -0.1) is 0 Å². The highest BCUT2D eigenvalue weighted by Gasteiger charge is 2.30. The van der Waals surface area contributed by atoms with E-state index in [1.165, 1.54) is 0 Å². The fourth-order valence-corrected chi connectivity index (χ4v) is 1.72. The van der Waals surface area contributed by atoms with E-state index >= 15 is 0 Å². The molecule has 0 aromatic carbocycles. The molecule has 5 nitrogen and oxygen atoms in total. The number of nitrogens with two attached hydrogens (primary N) is 1. The highest BCUT2D eigenvalue weighted by Crippen LogP contribution is 2.29. The van der Waals surface area contributed by atoms with Gasteiger partial charge in [0.1, 0.15) is 0 Å². The van der Waals surface area contributed by atoms with Gasteiger partial charge in [0, 0.05) is 26.2 Å². The van der Waals surface area contributed by atoms with Gasteiger partial charge in [0.05, 0.1) is 0 Å². The van der Waals surface area contributed by atoms with E-state index in [1.807, 2.05) is 0 Å². The maximum absolute atomic E-state index is 11.7. The smallest absolute Gasteiger partial charge is 0.311 e. The van der Waals surface area contributed by atoms with Crippen LogP contribution in [0.25, 0.3) is 0 Å². The van der Waals surface area contributed by atoms with Crippen molar-refractivity contribution in [1.29, 1.82) is 0 Å². The van der Waals surface area contributed by atoms with Crippen molar-refractivity contribution in [1.82, 2.24) is 10.2 Å². The number of rotatable bonds is 2. The van der Waals surface area contributed by atoms with Crippen molar-refractivity contribution in [2.75, 3.05) is 26.2 Å². The molecule has 0 radical (unpaired) electrons. The summed E-state index contributed by atoms with van der Waals surface area (Å²) in [4.78, 5) is 24.7. The molecule has 1 fully saturated rings. The highest BCUT2D eigenvalue weighted by atomic mass is 16.2. The second kappa shape index (κ2) is 5.30. The Hall–Kier alpha value is -1.10. The second-order valence-corrected chi connectivity index (χ2v) is 5.00. The van der Waals surface area contributed by atoms with Gasteiger partial charge >= 0.3 is 11.8 Å². The SMILES string of the molecule is CC1(C)CCN(C(=O)C(=O)NCCN)CC1. The molecule has 0 aromatic rings. The van der Waals surface area contributed by atoms with Gasteiger partial charge in [-0.3, -0.25) is 9.59 Å². The van der Waals surface area contributed by atoms with Crippen LogP contribution in [0.5, 0.6) is 0 Å². The van der Waals surface area contributed by atoms with Crippen LogP contribution in [0.1, 0.15) is 26.7 Å². The molecule has 1 rings (SSSR count). The Balaban J connectivity index is 2.41. The molecule has 2 amide bonds. The number of hydrogen-bond donors (Lipinski definition) is 2. The Morgan fingerprint density at radius 1 is 1.31 bits per heavy atom. The second-order valence-electron chi connectivity index (χ2n) is 5.00. The van der Waals surface area contributed by atoms with Crippen LogP contribution in [0.2, 0.25) is 0 Å². The normalized spacial score (nSPS) is 19.3. The molecule has 0 spiro atoms. The molecular weight excluding hydrogens is 206 g/mol. The van der Waals surface area contributed by atoms with Crippen LogP contribution in [0.15, 0.2) is 0 Å². The van der Waals surface area contributed by atoms with Gasteiger partial charge in [-0.05, 0) is 18.3 Å². The fraction of sp³-hybridized carbons (Fsp3) is 0.818. The topological polar surface area (TPSA) is 75.4 Å². The summed E-state index contributed by atoms with van der Waals surface area (Å²) in [6.07, 6.45) is 1.89. The quantitative estimate of drug-likeness (QED) is 0.637. The average Bonchev–Trinajstić information content (AvgIpc) is 2.25. The number of nitrogens with one attached hydrogen (secondary N) is 1. The Morgan fingerprint density at radius 2 is 1.88 bits per heavy atom. The van der Waals surface area contributed by atoms with E-state index in [1.54, 1.807) is 4.90 Å². The number of carbonyl (C=O) groups excluding carboxylic acids is 2. The fourth-order valence-electron chi connectivity index (χ4n) is 1.72. The van der Waals surface area contributed by atoms with Crippen molar-refractivity contribution in [3.8, 4) is 0 Å². The number of amides is 2. The van der Waals surface area contributed by atoms with Crippen LogP contribution >= 0.6 is 0 Å². The van der Waals surface area contributed by atoms with Crippen LogP contribution in [0, 0.1) is 5.41 Å². The first-order valence-corrected chi connectivity index (χ1v) is 5.73. The third-order valence-electron chi connectivity index (χ3n) is 3.03. The number of hydrogen-bond acceptors (Lipinski definition) is 3. The van der Waals surface area contributed by atoms with Gasteiger partial charge in [0.2, 0.25) is 0 Å². The highest BCUT2D eigenvalue weighted by molar-refractivity contribution is 6.35. The number of piperidine rings is 1. The lowest BCUT2D eigenvalue weighted by Crippen LogP contribution is -2.48. The summed E-state index contributed by atoms with van der Waals surface area (Å²) < 4.78 is 0. The summed E-state index contributed by atoms with van der Waals surface area (Å²) in [6.45, 7) is 6.41. The summed E-state index contributed by atoms with van der Waals surface area (Å²) in [6, 6.07) is 0. The van der Waals surface area contributed by atoms with Crippen molar-refractivity contribution in [3.05, 3.63) is 0 Å². The van der Waals surface area contributed by atoms with Crippen molar-refractivity contribution in [2.24, 2.45) is 11.1 Å². The van der Waals surface area contributed by atoms with E-state index in [-0.39, 0.29) is 5.41 Å². The van der Waals surface area contributed by atoms with Crippen molar-refractivity contribution < 1.29 is 9.59 Å². The largest absolute Gasteiger partial charge is 0.347 e. The Labute approximate surface area is 96.4 Å². The molecule has 0 aliphatic carbocycles. The van der Waals surface area contributed by atoms with E-state index in [2.05, 4.69) is 19.2 Å². The molecule has 0 saturated carbocycles. The maximum atomic E-state index is 11.7. The third-order valence-corrected chi connectivity index (χ3v) is 3.03. The van der Waals surface area contributed by atoms with Crippen LogP contribution in [-0.2, 0) is 9.59 Å². The number of carbonyl (C=O) groups is 2. The van der Waals surface area contributed by atoms with Crippen LogP contribution in [0.4, 0.5) is 0 Å². The number of likely N-dealkylation sites (tertiary alicyclic amines) is 1. The zero-order chi connectivity index (χ0) is 12.2. The van der Waals surface area contributed by atoms with Gasteiger partial charge < -0.3 is 16.0 Å². The van der Waals surface area contributed by atoms with Gasteiger partial charge in [0.15, 0.2) is 0 Å². The van der Waals surface area contributed by atoms with E-state index < -0.39 is 11.8 Å². The first kappa shape index (κ1) is 13.0. The van der Waals surface area contributed by atoms with Gasteiger partial charge in [-0.25, -0.2) is 0 Å². The minimum Gasteiger partial charge on any atom is -0.347 e. The van der Waals surface area contributed by atoms with Crippen molar-refractivity contribution in [2.45, 2.75) is 26.7 Å². The summed E-state index contributed by atoms with van der Waals surface area (Å²) in [5.74, 6) is -0.964. The standard InChI is InChI=1S/C11H21N3O2/c1-11(2)3-7-14(8-4-11)10(16)9(15)13-6-5-12/h3-8,12H2,1-2H3,(H,13,15). The van der Waals surface area contributed by atoms with Gasteiger partial charge in [0.25, 0.3) is 0 Å². The zero-order valence-electron chi connectivity index (χ0n) is 10.1. The van der Waals surface area contributed by atoms with Crippen molar-refractivity contribution >= 4 is 11.8 Å². The molecule has 1 aliphatic heterocycles. The van der Waals surface area contributed by atoms with Crippen LogP contribution in [-0.4, -0.2) is 42.9 Å². The lowest BCUT2D eigenvalue weighted by Gasteiger charge is -2.36. The molecule has 0 aromatic heterocycles. The molecule has 0 atom stereocenters. The zero-order valence-corrected chi connectivity index (χ0v) is 10.1. The molecule has 3 N–H and O–H groups in total. The number of nitrogens with zero attached hydrogens (tertiary/aromatic N) is 1. The Bertz CT molecular complexity index is 266. The summed E-state index contributed by atoms with van der Waals surface area (Å²) in [5, 5.41) is 2.49. The molecule has 92 valence electrons. The molecule has 1 saturated heterocycles. The van der Waals surface area contributed by atoms with Crippen LogP contribution in [0.3, 0.4) is 0 Å². The summed E-state index contributed by atoms with van der Waals surface area (Å²) in [7, 11) is 0. The van der Waals surface area contributed by atoms with E-state index in [9.17, 15) is 9.59 Å². The Kier molecular flexibility index (Phi) is 4.29. The predicted molar refractivity (Wildman–Crippen MR) is 61.7 cm³/mol. The molecule has 0 bridgehead atoms. The molecule has 0 unspecified atom stereocenters. The Morgan fingerprint density at radius 3 is 2.38 bits per heavy atom. The lowest BCUT2D eigenvalue weighted by molar-refractivity contribution is -0.147. The predicted octanol–water partition coefficient (Wildman–Crippen LogP) is -0.290. The molecule has 5 heteroatoms. The third kappa shape index (κ3) is 3.48. The molecule has 1 heterocycles. The van der Waals surface area contributed by atoms with Gasteiger partial charge in [-0.1, -0.05) is 13.8 Å². The molecule has 1 aliphatic rings. The van der Waals surface area contributed by atoms with Crippen molar-refractivity contribution in [3.63, 3.8) is 0 Å². The summed E-state index contributed by atoms with van der Waals surface area (Å²) >= 11 is 0. The monoisotopic (exact) mass is 227 g/mol. The van der Waals surface area contributed by atoms with E-state index in [4.69, 9.17) is 5.73 Å². The van der Waals surface area contributed by atoms with E-state index in [0.717, 1.165) is 12.8 Å². The first-order chi connectivity index (χ1) is 7.46. The molecule has 16 heavy (non-hydrogen) atoms. The maximum Gasteiger partial charge on any atom is 0.311 e. The lowest BCUT2D eigenvalue weighted by atomic mass is 9.82. The average molecular weight is 227 g/mol. The van der Waals surface area contributed by atoms with Gasteiger partial charge in [-0.2, -0.15) is 0 Å². The summed E-state index contributed by atoms with van der Waals surface area (Å²) in [5.41, 5.74) is 5.53. The van der Waals surface area contributed by atoms with E-state index in [0.29, 0.717) is 26.2 Å². The van der Waals surface area contributed by atoms with Crippen LogP contribution < -0.4 is 11.1 Å². The minimum absolute atomic E-state index is 0.282. The first-order valence-electron chi connectivity index (χ1n) is 5.73. The molecular formula is C11H21N3O2.